The highest BCUT2D eigenvalue weighted by Crippen LogP contribution is 2.33. The molecule has 7 nitrogen and oxygen atoms in total. The molecule has 132 valence electrons. The molecule has 0 unspecified atom stereocenters. The van der Waals surface area contributed by atoms with Crippen molar-refractivity contribution in [3.63, 3.8) is 0 Å². The van der Waals surface area contributed by atoms with Gasteiger partial charge in [0.05, 0.1) is 0 Å². The number of amides is 1. The van der Waals surface area contributed by atoms with Crippen molar-refractivity contribution in [1.82, 2.24) is 4.90 Å². The lowest BCUT2D eigenvalue weighted by Crippen LogP contribution is -2.30. The molecular weight excluding hydrogens is 326 g/mol. The van der Waals surface area contributed by atoms with E-state index in [1.165, 1.54) is 6.07 Å². The van der Waals surface area contributed by atoms with Crippen LogP contribution in [0.5, 0.6) is 11.5 Å². The number of ether oxygens (including phenoxy) is 2. The van der Waals surface area contributed by atoms with Crippen molar-refractivity contribution >= 4 is 11.9 Å². The zero-order chi connectivity index (χ0) is 18.0. The Hall–Kier alpha value is -2.96. The lowest BCUT2D eigenvalue weighted by atomic mass is 10.1. The van der Waals surface area contributed by atoms with Crippen LogP contribution in [0.4, 0.5) is 0 Å². The molecule has 1 N–H and O–H groups in total. The molecule has 1 aromatic carbocycles. The second-order valence-corrected chi connectivity index (χ2v) is 5.61. The van der Waals surface area contributed by atoms with Crippen molar-refractivity contribution in [3.8, 4) is 11.5 Å². The molecule has 0 radical (unpaired) electrons. The predicted molar refractivity (Wildman–Crippen MR) is 88.0 cm³/mol. The summed E-state index contributed by atoms with van der Waals surface area (Å²) in [5.41, 5.74) is 0.921. The van der Waals surface area contributed by atoms with Crippen molar-refractivity contribution in [3.05, 3.63) is 46.9 Å². The highest BCUT2D eigenvalue weighted by Gasteiger charge is 2.24. The fraction of sp³-hybridized carbons (Fsp3) is 0.333. The van der Waals surface area contributed by atoms with Gasteiger partial charge in [0.25, 0.3) is 5.91 Å². The second kappa shape index (κ2) is 6.88. The maximum absolute atomic E-state index is 12.7. The monoisotopic (exact) mass is 345 g/mol. The topological polar surface area (TPSA) is 89.2 Å². The predicted octanol–water partition coefficient (Wildman–Crippen LogP) is 2.93. The minimum absolute atomic E-state index is 0.0324. The lowest BCUT2D eigenvalue weighted by Gasteiger charge is -2.20. The first-order valence-corrected chi connectivity index (χ1v) is 8.07. The number of aromatic carboxylic acids is 1. The average molecular weight is 345 g/mol. The molecule has 0 bridgehead atoms. The van der Waals surface area contributed by atoms with Crippen LogP contribution in [-0.2, 0) is 13.0 Å². The summed E-state index contributed by atoms with van der Waals surface area (Å²) in [6.07, 6.45) is 0.406. The number of aryl methyl sites for hydroxylation is 1. The summed E-state index contributed by atoms with van der Waals surface area (Å²) in [7, 11) is 0. The normalized spacial score (nSPS) is 12.2. The van der Waals surface area contributed by atoms with Gasteiger partial charge in [0.2, 0.25) is 6.79 Å². The molecular formula is C18H19NO6. The van der Waals surface area contributed by atoms with Gasteiger partial charge in [0, 0.05) is 25.6 Å². The van der Waals surface area contributed by atoms with Crippen molar-refractivity contribution < 1.29 is 28.6 Å². The molecule has 0 aliphatic carbocycles. The van der Waals surface area contributed by atoms with E-state index in [1.807, 2.05) is 19.1 Å². The number of rotatable bonds is 6. The van der Waals surface area contributed by atoms with Crippen LogP contribution in [0.2, 0.25) is 0 Å². The molecule has 2 heterocycles. The fourth-order valence-corrected chi connectivity index (χ4v) is 2.72. The number of carbonyl (C=O) groups excluding carboxylic acids is 1. The van der Waals surface area contributed by atoms with E-state index in [9.17, 15) is 14.7 Å². The number of hydrogen-bond acceptors (Lipinski definition) is 5. The van der Waals surface area contributed by atoms with Gasteiger partial charge in [-0.3, -0.25) is 4.79 Å². The first-order valence-electron chi connectivity index (χ1n) is 8.07. The number of carbonyl (C=O) groups is 2. The van der Waals surface area contributed by atoms with Crippen LogP contribution < -0.4 is 9.47 Å². The Morgan fingerprint density at radius 3 is 2.56 bits per heavy atom. The molecule has 0 atom stereocenters. The summed E-state index contributed by atoms with van der Waals surface area (Å²) in [4.78, 5) is 25.5. The van der Waals surface area contributed by atoms with Crippen LogP contribution in [0.1, 0.15) is 46.1 Å². The van der Waals surface area contributed by atoms with E-state index in [-0.39, 0.29) is 24.0 Å². The van der Waals surface area contributed by atoms with Gasteiger partial charge in [-0.05, 0) is 24.6 Å². The third-order valence-corrected chi connectivity index (χ3v) is 4.05. The molecule has 1 aromatic heterocycles. The number of hydrogen-bond donors (Lipinski definition) is 1. The van der Waals surface area contributed by atoms with Crippen LogP contribution in [0.3, 0.4) is 0 Å². The van der Waals surface area contributed by atoms with Gasteiger partial charge in [-0.2, -0.15) is 0 Å². The quantitative estimate of drug-likeness (QED) is 0.866. The van der Waals surface area contributed by atoms with Crippen LogP contribution >= 0.6 is 0 Å². The molecule has 0 saturated heterocycles. The Bertz CT molecular complexity index is 810. The number of furan rings is 1. The first kappa shape index (κ1) is 16.9. The Labute approximate surface area is 144 Å². The van der Waals surface area contributed by atoms with E-state index in [4.69, 9.17) is 13.9 Å². The Morgan fingerprint density at radius 1 is 1.16 bits per heavy atom. The molecule has 0 saturated carbocycles. The highest BCUT2D eigenvalue weighted by molar-refractivity contribution is 5.96. The van der Waals surface area contributed by atoms with Gasteiger partial charge in [-0.1, -0.05) is 13.0 Å². The Balaban J connectivity index is 1.81. The fourth-order valence-electron chi connectivity index (χ4n) is 2.72. The van der Waals surface area contributed by atoms with Crippen molar-refractivity contribution in [1.29, 1.82) is 0 Å². The van der Waals surface area contributed by atoms with E-state index >= 15 is 0 Å². The van der Waals surface area contributed by atoms with E-state index in [2.05, 4.69) is 0 Å². The number of fused-ring (bicyclic) bond motifs is 1. The smallest absolute Gasteiger partial charge is 0.339 e. The molecule has 0 spiro atoms. The van der Waals surface area contributed by atoms with E-state index < -0.39 is 5.97 Å². The minimum Gasteiger partial charge on any atom is -0.478 e. The number of nitrogens with zero attached hydrogens (tertiary/aromatic N) is 1. The van der Waals surface area contributed by atoms with Crippen LogP contribution in [0.25, 0.3) is 0 Å². The SMILES string of the molecule is CCc1oc(C(=O)N(CC)Cc2ccc3c(c2)OCO3)cc1C(=O)O. The standard InChI is InChI=1S/C18H19NO6/c1-3-13-12(18(21)22)8-16(25-13)17(20)19(4-2)9-11-5-6-14-15(7-11)24-10-23-14/h5-8H,3-4,9-10H2,1-2H3,(H,21,22). The maximum atomic E-state index is 12.7. The molecule has 2 aromatic rings. The Kier molecular flexibility index (Phi) is 4.65. The molecule has 1 amide bonds. The zero-order valence-electron chi connectivity index (χ0n) is 14.1. The molecule has 7 heteroatoms. The average Bonchev–Trinajstić information content (AvgIpc) is 3.24. The lowest BCUT2D eigenvalue weighted by molar-refractivity contribution is 0.0690. The van der Waals surface area contributed by atoms with Crippen molar-refractivity contribution in [2.24, 2.45) is 0 Å². The summed E-state index contributed by atoms with van der Waals surface area (Å²) >= 11 is 0. The van der Waals surface area contributed by atoms with E-state index in [0.29, 0.717) is 36.8 Å². The second-order valence-electron chi connectivity index (χ2n) is 5.61. The van der Waals surface area contributed by atoms with Crippen molar-refractivity contribution in [2.45, 2.75) is 26.8 Å². The van der Waals surface area contributed by atoms with Crippen LogP contribution in [0.15, 0.2) is 28.7 Å². The van der Waals surface area contributed by atoms with Gasteiger partial charge in [-0.15, -0.1) is 0 Å². The molecule has 1 aliphatic heterocycles. The van der Waals surface area contributed by atoms with E-state index in [0.717, 1.165) is 5.56 Å². The number of carboxylic acid groups (broad SMARTS) is 1. The van der Waals surface area contributed by atoms with Gasteiger partial charge in [-0.25, -0.2) is 4.79 Å². The molecule has 25 heavy (non-hydrogen) atoms. The molecule has 3 rings (SSSR count). The summed E-state index contributed by atoms with van der Waals surface area (Å²) in [6.45, 7) is 4.64. The van der Waals surface area contributed by atoms with Gasteiger partial charge >= 0.3 is 5.97 Å². The van der Waals surface area contributed by atoms with Crippen LogP contribution in [0, 0.1) is 0 Å². The first-order chi connectivity index (χ1) is 12.0. The number of carboxylic acids is 1. The molecule has 0 fully saturated rings. The molecule has 1 aliphatic rings. The zero-order valence-corrected chi connectivity index (χ0v) is 14.1. The third kappa shape index (κ3) is 3.31. The van der Waals surface area contributed by atoms with E-state index in [1.54, 1.807) is 17.9 Å². The maximum Gasteiger partial charge on any atom is 0.339 e. The Morgan fingerprint density at radius 2 is 1.92 bits per heavy atom. The minimum atomic E-state index is -1.10. The van der Waals surface area contributed by atoms with Crippen molar-refractivity contribution in [2.75, 3.05) is 13.3 Å². The highest BCUT2D eigenvalue weighted by atomic mass is 16.7. The summed E-state index contributed by atoms with van der Waals surface area (Å²) < 4.78 is 16.1. The van der Waals surface area contributed by atoms with Gasteiger partial charge in [0.15, 0.2) is 17.3 Å². The van der Waals surface area contributed by atoms with Gasteiger partial charge in [0.1, 0.15) is 11.3 Å². The van der Waals surface area contributed by atoms with Gasteiger partial charge < -0.3 is 23.9 Å². The summed E-state index contributed by atoms with van der Waals surface area (Å²) in [5, 5.41) is 9.20. The number of benzene rings is 1. The van der Waals surface area contributed by atoms with Crippen LogP contribution in [-0.4, -0.2) is 35.2 Å². The largest absolute Gasteiger partial charge is 0.478 e. The summed E-state index contributed by atoms with van der Waals surface area (Å²) in [5.74, 6) is 0.232. The third-order valence-electron chi connectivity index (χ3n) is 4.05. The summed E-state index contributed by atoms with van der Waals surface area (Å²) in [6, 6.07) is 6.80.